The van der Waals surface area contributed by atoms with Crippen LogP contribution >= 0.6 is 0 Å². The third-order valence-corrected chi connectivity index (χ3v) is 3.57. The van der Waals surface area contributed by atoms with E-state index < -0.39 is 0 Å². The van der Waals surface area contributed by atoms with Gasteiger partial charge >= 0.3 is 0 Å². The third-order valence-electron chi connectivity index (χ3n) is 3.57. The Balaban J connectivity index is 0.00000242. The number of nitrogens with zero attached hydrogens (tertiary/aromatic N) is 3. The van der Waals surface area contributed by atoms with Gasteiger partial charge in [-0.15, -0.1) is 0 Å². The van der Waals surface area contributed by atoms with Crippen LogP contribution in [0, 0.1) is 26.7 Å². The standard InChI is InChI=1S/C17H23N4.Y/c1-10(2)16-19-14(6)20-17(21-16)18-13(5)15-8-7-11(3)12(4)9-15;/h7-9,13H,1-6H3,(H,18,19,20,21);/q-1;. The Hall–Kier alpha value is -0.996. The van der Waals surface area contributed by atoms with Crippen LogP contribution in [0.25, 0.3) is 0 Å². The Morgan fingerprint density at radius 1 is 1.00 bits per heavy atom. The largest absolute Gasteiger partial charge is 0.348 e. The topological polar surface area (TPSA) is 50.7 Å². The molecule has 22 heavy (non-hydrogen) atoms. The van der Waals surface area contributed by atoms with Crippen LogP contribution in [-0.2, 0) is 32.7 Å². The molecule has 1 heterocycles. The first-order valence-corrected chi connectivity index (χ1v) is 7.23. The van der Waals surface area contributed by atoms with Gasteiger partial charge in [-0.05, 0) is 44.4 Å². The minimum absolute atomic E-state index is 0. The molecule has 0 amide bonds. The van der Waals surface area contributed by atoms with Crippen LogP contribution in [0.3, 0.4) is 0 Å². The second-order valence-corrected chi connectivity index (χ2v) is 5.74. The van der Waals surface area contributed by atoms with Crippen LogP contribution in [0.5, 0.6) is 0 Å². The van der Waals surface area contributed by atoms with Gasteiger partial charge in [0, 0.05) is 38.5 Å². The number of hydrogen-bond donors (Lipinski definition) is 1. The van der Waals surface area contributed by atoms with Gasteiger partial charge in [0.2, 0.25) is 5.95 Å². The Morgan fingerprint density at radius 3 is 2.27 bits per heavy atom. The molecule has 1 atom stereocenters. The molecule has 0 aliphatic rings. The summed E-state index contributed by atoms with van der Waals surface area (Å²) in [5.74, 6) is 3.19. The van der Waals surface area contributed by atoms with Crippen LogP contribution in [0.4, 0.5) is 5.95 Å². The van der Waals surface area contributed by atoms with Gasteiger partial charge < -0.3 is 11.2 Å². The second kappa shape index (κ2) is 8.02. The fourth-order valence-electron chi connectivity index (χ4n) is 2.08. The third kappa shape index (κ3) is 4.75. The molecule has 2 aromatic rings. The molecule has 0 fully saturated rings. The molecule has 1 N–H and O–H groups in total. The number of rotatable bonds is 4. The Morgan fingerprint density at radius 2 is 1.68 bits per heavy atom. The quantitative estimate of drug-likeness (QED) is 0.827. The van der Waals surface area contributed by atoms with E-state index in [1.807, 2.05) is 20.8 Å². The molecule has 115 valence electrons. The van der Waals surface area contributed by atoms with Crippen LogP contribution in [0.2, 0.25) is 0 Å². The number of anilines is 1. The molecule has 0 saturated heterocycles. The van der Waals surface area contributed by atoms with Crippen molar-refractivity contribution >= 4 is 5.95 Å². The molecule has 0 aliphatic heterocycles. The molecule has 1 unspecified atom stereocenters. The number of aryl methyl sites for hydroxylation is 3. The molecular weight excluding hydrogens is 349 g/mol. The Kier molecular flexibility index (Phi) is 6.95. The molecule has 5 heteroatoms. The summed E-state index contributed by atoms with van der Waals surface area (Å²) < 4.78 is 0. The molecular formula is C17H23N4Y-. The van der Waals surface area contributed by atoms with E-state index in [-0.39, 0.29) is 38.8 Å². The van der Waals surface area contributed by atoms with Gasteiger partial charge in [-0.1, -0.05) is 18.2 Å². The smallest absolute Gasteiger partial charge is 0.224 e. The van der Waals surface area contributed by atoms with Crippen molar-refractivity contribution in [3.8, 4) is 0 Å². The average molecular weight is 372 g/mol. The first-order valence-electron chi connectivity index (χ1n) is 7.23. The predicted molar refractivity (Wildman–Crippen MR) is 86.2 cm³/mol. The Bertz CT molecular complexity index is 641. The summed E-state index contributed by atoms with van der Waals surface area (Å²) in [5, 5.41) is 3.37. The van der Waals surface area contributed by atoms with E-state index in [0.29, 0.717) is 5.95 Å². The zero-order valence-electron chi connectivity index (χ0n) is 14.2. The van der Waals surface area contributed by atoms with Gasteiger partial charge in [-0.2, -0.15) is 18.8 Å². The van der Waals surface area contributed by atoms with Crippen LogP contribution in [0.1, 0.15) is 55.2 Å². The minimum atomic E-state index is 0. The molecule has 0 aliphatic carbocycles. The van der Waals surface area contributed by atoms with E-state index in [0.717, 1.165) is 17.6 Å². The molecule has 2 rings (SSSR count). The monoisotopic (exact) mass is 372 g/mol. The maximum atomic E-state index is 4.47. The van der Waals surface area contributed by atoms with E-state index in [9.17, 15) is 0 Å². The maximum absolute atomic E-state index is 4.47. The van der Waals surface area contributed by atoms with Crippen molar-refractivity contribution in [2.45, 2.75) is 47.6 Å². The van der Waals surface area contributed by atoms with E-state index in [1.54, 1.807) is 0 Å². The number of aromatic nitrogens is 3. The van der Waals surface area contributed by atoms with Crippen molar-refractivity contribution in [2.24, 2.45) is 0 Å². The minimum Gasteiger partial charge on any atom is -0.348 e. The van der Waals surface area contributed by atoms with Gasteiger partial charge in [0.1, 0.15) is 5.82 Å². The summed E-state index contributed by atoms with van der Waals surface area (Å²) >= 11 is 0. The maximum Gasteiger partial charge on any atom is 0.224 e. The fraction of sp³-hybridized carbons (Fsp3) is 0.412. The van der Waals surface area contributed by atoms with Gasteiger partial charge in [-0.3, -0.25) is 4.98 Å². The fourth-order valence-corrected chi connectivity index (χ4v) is 2.08. The van der Waals surface area contributed by atoms with E-state index in [2.05, 4.69) is 59.2 Å². The summed E-state index contributed by atoms with van der Waals surface area (Å²) in [4.78, 5) is 13.2. The summed E-state index contributed by atoms with van der Waals surface area (Å²) in [6.07, 6.45) is 0. The van der Waals surface area contributed by atoms with E-state index in [1.165, 1.54) is 16.7 Å². The summed E-state index contributed by atoms with van der Waals surface area (Å²) in [6.45, 7) is 12.3. The SMILES string of the molecule is Cc1nc(NC(C)c2ccc(C)c(C)c2)nc([C-](C)C)n1.[Y]. The molecule has 1 radical (unpaired) electrons. The average Bonchev–Trinajstić information content (AvgIpc) is 2.41. The number of hydrogen-bond acceptors (Lipinski definition) is 4. The van der Waals surface area contributed by atoms with Crippen LogP contribution in [0.15, 0.2) is 18.2 Å². The van der Waals surface area contributed by atoms with Crippen molar-refractivity contribution in [3.63, 3.8) is 0 Å². The molecule has 1 aromatic carbocycles. The predicted octanol–water partition coefficient (Wildman–Crippen LogP) is 3.93. The summed E-state index contributed by atoms with van der Waals surface area (Å²) in [6, 6.07) is 6.65. The molecule has 0 bridgehead atoms. The second-order valence-electron chi connectivity index (χ2n) is 5.74. The van der Waals surface area contributed by atoms with E-state index >= 15 is 0 Å². The molecule has 1 aromatic heterocycles. The van der Waals surface area contributed by atoms with Crippen molar-refractivity contribution < 1.29 is 32.7 Å². The van der Waals surface area contributed by atoms with Crippen LogP contribution in [-0.4, -0.2) is 15.0 Å². The van der Waals surface area contributed by atoms with Crippen LogP contribution < -0.4 is 5.32 Å². The van der Waals surface area contributed by atoms with Gasteiger partial charge in [-0.25, -0.2) is 4.98 Å². The first-order chi connectivity index (χ1) is 9.86. The van der Waals surface area contributed by atoms with Crippen molar-refractivity contribution in [2.75, 3.05) is 5.32 Å². The zero-order chi connectivity index (χ0) is 15.6. The molecule has 4 nitrogen and oxygen atoms in total. The first kappa shape index (κ1) is 19.1. The van der Waals surface area contributed by atoms with E-state index in [4.69, 9.17) is 0 Å². The molecule has 0 spiro atoms. The normalized spacial score (nSPS) is 11.5. The van der Waals surface area contributed by atoms with Gasteiger partial charge in [0.05, 0.1) is 6.04 Å². The summed E-state index contributed by atoms with van der Waals surface area (Å²) in [5.41, 5.74) is 3.83. The van der Waals surface area contributed by atoms with Gasteiger partial charge in [0.25, 0.3) is 0 Å². The van der Waals surface area contributed by atoms with Gasteiger partial charge in [0.15, 0.2) is 0 Å². The van der Waals surface area contributed by atoms with Crippen molar-refractivity contribution in [3.05, 3.63) is 52.5 Å². The van der Waals surface area contributed by atoms with Crippen molar-refractivity contribution in [1.29, 1.82) is 0 Å². The molecule has 0 saturated carbocycles. The number of benzene rings is 1. The van der Waals surface area contributed by atoms with Crippen molar-refractivity contribution in [1.82, 2.24) is 15.0 Å². The zero-order valence-corrected chi connectivity index (χ0v) is 17.1. The summed E-state index contributed by atoms with van der Waals surface area (Å²) in [7, 11) is 0. The Labute approximate surface area is 158 Å². The number of nitrogens with one attached hydrogen (secondary N) is 1.